The van der Waals surface area contributed by atoms with Crippen LogP contribution in [0.25, 0.3) is 10.9 Å². The average Bonchev–Trinajstić information content (AvgIpc) is 2.89. The lowest BCUT2D eigenvalue weighted by Gasteiger charge is -2.07. The molecule has 2 aromatic carbocycles. The van der Waals surface area contributed by atoms with E-state index in [9.17, 15) is 10.1 Å². The molecule has 0 bridgehead atoms. The number of hydrogen-bond acceptors (Lipinski definition) is 5. The van der Waals surface area contributed by atoms with Crippen molar-refractivity contribution in [2.75, 3.05) is 5.32 Å². The first-order chi connectivity index (χ1) is 10.2. The molecule has 0 spiro atoms. The van der Waals surface area contributed by atoms with Gasteiger partial charge in [0, 0.05) is 23.6 Å². The van der Waals surface area contributed by atoms with Crippen molar-refractivity contribution in [3.05, 3.63) is 63.7 Å². The lowest BCUT2D eigenvalue weighted by molar-refractivity contribution is -0.385. The van der Waals surface area contributed by atoms with Crippen molar-refractivity contribution in [2.24, 2.45) is 0 Å². The molecule has 0 aliphatic carbocycles. The minimum absolute atomic E-state index is 0.156. The van der Waals surface area contributed by atoms with Gasteiger partial charge < -0.3 is 5.32 Å². The van der Waals surface area contributed by atoms with E-state index in [1.165, 1.54) is 17.6 Å². The predicted molar refractivity (Wildman–Crippen MR) is 84.8 cm³/mol. The third-order valence-electron chi connectivity index (χ3n) is 3.44. The molecule has 0 saturated carbocycles. The number of aromatic nitrogens is 1. The van der Waals surface area contributed by atoms with Crippen molar-refractivity contribution in [1.82, 2.24) is 4.37 Å². The van der Waals surface area contributed by atoms with Gasteiger partial charge in [0.05, 0.1) is 10.4 Å². The zero-order chi connectivity index (χ0) is 14.8. The zero-order valence-corrected chi connectivity index (χ0v) is 12.2. The number of hydrogen-bond donors (Lipinski definition) is 1. The van der Waals surface area contributed by atoms with E-state index in [2.05, 4.69) is 9.69 Å². The first kappa shape index (κ1) is 13.5. The Morgan fingerprint density at radius 1 is 1.24 bits per heavy atom. The van der Waals surface area contributed by atoms with Crippen molar-refractivity contribution in [1.29, 1.82) is 0 Å². The lowest BCUT2D eigenvalue weighted by atomic mass is 10.1. The normalized spacial score (nSPS) is 10.7. The Bertz CT molecular complexity index is 814. The number of nitro groups is 1. The highest BCUT2D eigenvalue weighted by molar-refractivity contribution is 7.11. The summed E-state index contributed by atoms with van der Waals surface area (Å²) < 4.78 is 4.37. The summed E-state index contributed by atoms with van der Waals surface area (Å²) in [5.41, 5.74) is 2.73. The summed E-state index contributed by atoms with van der Waals surface area (Å²) in [5, 5.41) is 16.3. The van der Waals surface area contributed by atoms with Crippen LogP contribution in [-0.4, -0.2) is 9.30 Å². The molecule has 1 aromatic heterocycles. The Balaban J connectivity index is 1.85. The van der Waals surface area contributed by atoms with E-state index in [1.54, 1.807) is 13.0 Å². The molecule has 21 heavy (non-hydrogen) atoms. The van der Waals surface area contributed by atoms with Crippen LogP contribution in [0.1, 0.15) is 11.1 Å². The van der Waals surface area contributed by atoms with Gasteiger partial charge in [0.15, 0.2) is 0 Å². The van der Waals surface area contributed by atoms with Crippen molar-refractivity contribution in [3.63, 3.8) is 0 Å². The number of nitrogens with one attached hydrogen (secondary N) is 1. The third kappa shape index (κ3) is 2.57. The zero-order valence-electron chi connectivity index (χ0n) is 11.4. The molecule has 106 valence electrons. The molecule has 0 unspecified atom stereocenters. The molecule has 0 amide bonds. The molecule has 3 rings (SSSR count). The van der Waals surface area contributed by atoms with Crippen molar-refractivity contribution in [3.8, 4) is 0 Å². The molecular weight excluding hydrogens is 286 g/mol. The van der Waals surface area contributed by atoms with Crippen molar-refractivity contribution < 1.29 is 4.92 Å². The second-order valence-corrected chi connectivity index (χ2v) is 5.47. The van der Waals surface area contributed by atoms with Gasteiger partial charge in [-0.15, -0.1) is 0 Å². The topological polar surface area (TPSA) is 68.1 Å². The summed E-state index contributed by atoms with van der Waals surface area (Å²) in [7, 11) is 0. The van der Waals surface area contributed by atoms with Gasteiger partial charge in [0.25, 0.3) is 5.69 Å². The number of nitrogens with zero attached hydrogens (tertiary/aromatic N) is 2. The highest BCUT2D eigenvalue weighted by Crippen LogP contribution is 2.28. The molecule has 1 N–H and O–H groups in total. The van der Waals surface area contributed by atoms with Crippen LogP contribution in [0.4, 0.5) is 10.7 Å². The number of anilines is 1. The molecule has 0 atom stereocenters. The SMILES string of the molecule is Cc1c(CNc2snc3ccccc23)cccc1[N+](=O)[O-]. The molecule has 0 radical (unpaired) electrons. The number of benzene rings is 2. The maximum absolute atomic E-state index is 11.0. The van der Waals surface area contributed by atoms with Crippen LogP contribution in [0, 0.1) is 17.0 Å². The molecule has 3 aromatic rings. The predicted octanol–water partition coefficient (Wildman–Crippen LogP) is 4.13. The maximum atomic E-state index is 11.0. The first-order valence-electron chi connectivity index (χ1n) is 6.48. The van der Waals surface area contributed by atoms with Crippen LogP contribution < -0.4 is 5.32 Å². The first-order valence-corrected chi connectivity index (χ1v) is 7.25. The molecule has 0 fully saturated rings. The monoisotopic (exact) mass is 299 g/mol. The summed E-state index contributed by atoms with van der Waals surface area (Å²) in [5.74, 6) is 0. The number of nitro benzene ring substituents is 1. The fourth-order valence-electron chi connectivity index (χ4n) is 2.25. The molecule has 0 aliphatic heterocycles. The fourth-order valence-corrected chi connectivity index (χ4v) is 3.01. The van der Waals surface area contributed by atoms with Crippen molar-refractivity contribution in [2.45, 2.75) is 13.5 Å². The maximum Gasteiger partial charge on any atom is 0.272 e. The standard InChI is InChI=1S/C15H13N3O2S/c1-10-11(5-4-8-14(10)18(19)20)9-16-15-12-6-2-3-7-13(12)17-21-15/h2-8,16H,9H2,1H3. The summed E-state index contributed by atoms with van der Waals surface area (Å²) in [6.45, 7) is 2.32. The largest absolute Gasteiger partial charge is 0.371 e. The van der Waals surface area contributed by atoms with E-state index >= 15 is 0 Å². The molecule has 6 heteroatoms. The van der Waals surface area contributed by atoms with Crippen LogP contribution in [0.3, 0.4) is 0 Å². The van der Waals surface area contributed by atoms with E-state index in [-0.39, 0.29) is 10.6 Å². The lowest BCUT2D eigenvalue weighted by Crippen LogP contribution is -2.02. The Morgan fingerprint density at radius 2 is 2.05 bits per heavy atom. The number of fused-ring (bicyclic) bond motifs is 1. The molecule has 0 saturated heterocycles. The Labute approximate surface area is 125 Å². The smallest absolute Gasteiger partial charge is 0.272 e. The summed E-state index contributed by atoms with van der Waals surface area (Å²) >= 11 is 1.40. The van der Waals surface area contributed by atoms with E-state index in [0.717, 1.165) is 21.5 Å². The van der Waals surface area contributed by atoms with Gasteiger partial charge in [0.1, 0.15) is 5.00 Å². The van der Waals surface area contributed by atoms with Crippen LogP contribution in [0.2, 0.25) is 0 Å². The Hall–Kier alpha value is -2.47. The van der Waals surface area contributed by atoms with Gasteiger partial charge in [-0.2, -0.15) is 4.37 Å². The van der Waals surface area contributed by atoms with E-state index in [0.29, 0.717) is 12.1 Å². The second kappa shape index (κ2) is 5.49. The van der Waals surface area contributed by atoms with Gasteiger partial charge >= 0.3 is 0 Å². The third-order valence-corrected chi connectivity index (χ3v) is 4.27. The summed E-state index contributed by atoms with van der Waals surface area (Å²) in [6.07, 6.45) is 0. The second-order valence-electron chi connectivity index (χ2n) is 4.70. The molecular formula is C15H13N3O2S. The van der Waals surface area contributed by atoms with Gasteiger partial charge in [-0.05, 0) is 36.2 Å². The Morgan fingerprint density at radius 3 is 2.86 bits per heavy atom. The average molecular weight is 299 g/mol. The van der Waals surface area contributed by atoms with E-state index < -0.39 is 0 Å². The Kier molecular flexibility index (Phi) is 3.53. The van der Waals surface area contributed by atoms with Crippen LogP contribution in [0.5, 0.6) is 0 Å². The van der Waals surface area contributed by atoms with Crippen LogP contribution in [0.15, 0.2) is 42.5 Å². The molecule has 5 nitrogen and oxygen atoms in total. The van der Waals surface area contributed by atoms with Gasteiger partial charge in [0.2, 0.25) is 0 Å². The number of rotatable bonds is 4. The van der Waals surface area contributed by atoms with E-state index in [1.807, 2.05) is 30.3 Å². The van der Waals surface area contributed by atoms with Crippen LogP contribution >= 0.6 is 11.5 Å². The highest BCUT2D eigenvalue weighted by Gasteiger charge is 2.13. The molecule has 1 heterocycles. The molecule has 0 aliphatic rings. The van der Waals surface area contributed by atoms with Gasteiger partial charge in [-0.25, -0.2) is 0 Å². The summed E-state index contributed by atoms with van der Waals surface area (Å²) in [4.78, 5) is 10.6. The van der Waals surface area contributed by atoms with E-state index in [4.69, 9.17) is 0 Å². The van der Waals surface area contributed by atoms with Crippen LogP contribution in [-0.2, 0) is 6.54 Å². The fraction of sp³-hybridized carbons (Fsp3) is 0.133. The van der Waals surface area contributed by atoms with Gasteiger partial charge in [-0.1, -0.05) is 24.3 Å². The minimum atomic E-state index is -0.346. The van der Waals surface area contributed by atoms with Crippen molar-refractivity contribution >= 4 is 33.1 Å². The quantitative estimate of drug-likeness (QED) is 0.581. The van der Waals surface area contributed by atoms with Gasteiger partial charge in [-0.3, -0.25) is 10.1 Å². The highest BCUT2D eigenvalue weighted by atomic mass is 32.1. The minimum Gasteiger partial charge on any atom is -0.371 e. The summed E-state index contributed by atoms with van der Waals surface area (Å²) in [6, 6.07) is 13.1.